The molecule has 3 nitrogen and oxygen atoms in total. The van der Waals surface area contributed by atoms with Gasteiger partial charge in [0, 0.05) is 4.47 Å². The van der Waals surface area contributed by atoms with Crippen LogP contribution in [0.15, 0.2) is 57.9 Å². The number of carbonyl (C=O) groups is 2. The summed E-state index contributed by atoms with van der Waals surface area (Å²) in [4.78, 5) is 26.7. The van der Waals surface area contributed by atoms with Crippen LogP contribution in [0.5, 0.6) is 0 Å². The van der Waals surface area contributed by atoms with E-state index in [0.717, 1.165) is 33.8 Å². The van der Waals surface area contributed by atoms with E-state index >= 15 is 0 Å². The molecule has 1 saturated heterocycles. The molecule has 0 atom stereocenters. The van der Waals surface area contributed by atoms with E-state index in [-0.39, 0.29) is 11.1 Å². The van der Waals surface area contributed by atoms with Crippen molar-refractivity contribution in [3.05, 3.63) is 69.0 Å². The van der Waals surface area contributed by atoms with Crippen molar-refractivity contribution in [2.24, 2.45) is 0 Å². The van der Waals surface area contributed by atoms with Crippen LogP contribution in [0.25, 0.3) is 6.08 Å². The molecular formula is C18H14BrNO2S. The Morgan fingerprint density at radius 2 is 1.78 bits per heavy atom. The summed E-state index contributed by atoms with van der Waals surface area (Å²) in [7, 11) is 0. The minimum absolute atomic E-state index is 0.251. The Hall–Kier alpha value is -1.85. The lowest BCUT2D eigenvalue weighted by Crippen LogP contribution is -2.28. The van der Waals surface area contributed by atoms with Crippen LogP contribution in [-0.4, -0.2) is 11.1 Å². The van der Waals surface area contributed by atoms with Gasteiger partial charge in [0.05, 0.1) is 10.6 Å². The van der Waals surface area contributed by atoms with Gasteiger partial charge >= 0.3 is 0 Å². The van der Waals surface area contributed by atoms with Crippen molar-refractivity contribution in [3.8, 4) is 0 Å². The Bertz CT molecular complexity index is 799. The normalized spacial score (nSPS) is 16.4. The summed E-state index contributed by atoms with van der Waals surface area (Å²) in [5, 5.41) is -0.251. The Kier molecular flexibility index (Phi) is 4.68. The van der Waals surface area contributed by atoms with Crippen LogP contribution >= 0.6 is 27.7 Å². The summed E-state index contributed by atoms with van der Waals surface area (Å²) in [6, 6.07) is 15.1. The van der Waals surface area contributed by atoms with Gasteiger partial charge in [0.25, 0.3) is 11.1 Å². The molecule has 23 heavy (non-hydrogen) atoms. The fourth-order valence-electron chi connectivity index (χ4n) is 2.41. The second-order valence-corrected chi connectivity index (χ2v) is 6.96. The average molecular weight is 388 g/mol. The van der Waals surface area contributed by atoms with Crippen molar-refractivity contribution in [1.82, 2.24) is 0 Å². The van der Waals surface area contributed by atoms with Gasteiger partial charge in [-0.15, -0.1) is 0 Å². The summed E-state index contributed by atoms with van der Waals surface area (Å²) in [6.45, 7) is 2.01. The lowest BCUT2D eigenvalue weighted by atomic mass is 10.1. The highest BCUT2D eigenvalue weighted by atomic mass is 79.9. The molecule has 0 aliphatic carbocycles. The molecule has 0 saturated carbocycles. The molecular weight excluding hydrogens is 374 g/mol. The Morgan fingerprint density at radius 1 is 1.09 bits per heavy atom. The summed E-state index contributed by atoms with van der Waals surface area (Å²) < 4.78 is 0.972. The predicted molar refractivity (Wildman–Crippen MR) is 98.4 cm³/mol. The maximum Gasteiger partial charge on any atom is 0.298 e. The summed E-state index contributed by atoms with van der Waals surface area (Å²) in [5.41, 5.74) is 2.55. The number of amides is 2. The van der Waals surface area contributed by atoms with Gasteiger partial charge < -0.3 is 0 Å². The number of anilines is 1. The van der Waals surface area contributed by atoms with E-state index in [4.69, 9.17) is 0 Å². The molecule has 5 heteroatoms. The molecule has 2 amide bonds. The van der Waals surface area contributed by atoms with E-state index in [1.807, 2.05) is 55.5 Å². The maximum atomic E-state index is 12.7. The number of halogens is 1. The van der Waals surface area contributed by atoms with Crippen LogP contribution in [0, 0.1) is 0 Å². The molecule has 116 valence electrons. The third kappa shape index (κ3) is 3.26. The van der Waals surface area contributed by atoms with Gasteiger partial charge in [-0.2, -0.15) is 0 Å². The molecule has 1 heterocycles. The average Bonchev–Trinajstić information content (AvgIpc) is 2.83. The van der Waals surface area contributed by atoms with Gasteiger partial charge in [-0.1, -0.05) is 53.2 Å². The molecule has 2 aromatic rings. The van der Waals surface area contributed by atoms with Crippen molar-refractivity contribution in [1.29, 1.82) is 0 Å². The molecule has 0 N–H and O–H groups in total. The SMILES string of the molecule is CCc1ccccc1N1C(=O)S/C(=C\c2ccc(Br)cc2)C1=O. The maximum absolute atomic E-state index is 12.7. The molecule has 3 rings (SSSR count). The summed E-state index contributed by atoms with van der Waals surface area (Å²) in [6.07, 6.45) is 2.52. The molecule has 0 unspecified atom stereocenters. The van der Waals surface area contributed by atoms with Gasteiger partial charge in [-0.3, -0.25) is 9.59 Å². The molecule has 0 spiro atoms. The molecule has 0 aromatic heterocycles. The number of aryl methyl sites for hydroxylation is 1. The van der Waals surface area contributed by atoms with E-state index in [0.29, 0.717) is 10.6 Å². The van der Waals surface area contributed by atoms with Crippen molar-refractivity contribution in [2.75, 3.05) is 4.90 Å². The molecule has 1 aliphatic heterocycles. The lowest BCUT2D eigenvalue weighted by Gasteiger charge is -2.16. The Labute approximate surface area is 147 Å². The zero-order valence-electron chi connectivity index (χ0n) is 12.5. The third-order valence-electron chi connectivity index (χ3n) is 3.57. The topological polar surface area (TPSA) is 37.4 Å². The van der Waals surface area contributed by atoms with Crippen LogP contribution < -0.4 is 4.90 Å². The zero-order chi connectivity index (χ0) is 16.4. The van der Waals surface area contributed by atoms with Crippen molar-refractivity contribution >= 4 is 50.6 Å². The minimum Gasteiger partial charge on any atom is -0.268 e. The first kappa shape index (κ1) is 16.0. The van der Waals surface area contributed by atoms with E-state index in [1.54, 1.807) is 6.08 Å². The molecule has 2 aromatic carbocycles. The smallest absolute Gasteiger partial charge is 0.268 e. The van der Waals surface area contributed by atoms with Crippen LogP contribution in [-0.2, 0) is 11.2 Å². The van der Waals surface area contributed by atoms with Crippen molar-refractivity contribution < 1.29 is 9.59 Å². The summed E-state index contributed by atoms with van der Waals surface area (Å²) >= 11 is 4.36. The second-order valence-electron chi connectivity index (χ2n) is 5.05. The number of hydrogen-bond donors (Lipinski definition) is 0. The van der Waals surface area contributed by atoms with Crippen LogP contribution in [0.2, 0.25) is 0 Å². The standard InChI is InChI=1S/C18H14BrNO2S/c1-2-13-5-3-4-6-15(13)20-17(21)16(23-18(20)22)11-12-7-9-14(19)10-8-12/h3-11H,2H2,1H3/b16-11-. The quantitative estimate of drug-likeness (QED) is 0.674. The molecule has 0 radical (unpaired) electrons. The lowest BCUT2D eigenvalue weighted by molar-refractivity contribution is -0.113. The zero-order valence-corrected chi connectivity index (χ0v) is 14.9. The van der Waals surface area contributed by atoms with Gasteiger partial charge in [0.1, 0.15) is 0 Å². The highest BCUT2D eigenvalue weighted by Gasteiger charge is 2.37. The molecule has 1 fully saturated rings. The molecule has 1 aliphatic rings. The Morgan fingerprint density at radius 3 is 2.48 bits per heavy atom. The molecule has 0 bridgehead atoms. The van der Waals surface area contributed by atoms with Gasteiger partial charge in [-0.25, -0.2) is 4.90 Å². The minimum atomic E-state index is -0.260. The van der Waals surface area contributed by atoms with E-state index in [9.17, 15) is 9.59 Å². The first-order chi connectivity index (χ1) is 11.1. The second kappa shape index (κ2) is 6.72. The number of benzene rings is 2. The monoisotopic (exact) mass is 387 g/mol. The fourth-order valence-corrected chi connectivity index (χ4v) is 3.51. The van der Waals surface area contributed by atoms with Gasteiger partial charge in [0.2, 0.25) is 0 Å². The van der Waals surface area contributed by atoms with Crippen molar-refractivity contribution in [2.45, 2.75) is 13.3 Å². The van der Waals surface area contributed by atoms with Gasteiger partial charge in [-0.05, 0) is 53.6 Å². The number of carbonyl (C=O) groups excluding carboxylic acids is 2. The number of nitrogens with zero attached hydrogens (tertiary/aromatic N) is 1. The summed E-state index contributed by atoms with van der Waals surface area (Å²) in [5.74, 6) is -0.260. The number of para-hydroxylation sites is 1. The van der Waals surface area contributed by atoms with Crippen LogP contribution in [0.4, 0.5) is 10.5 Å². The number of rotatable bonds is 3. The van der Waals surface area contributed by atoms with Crippen LogP contribution in [0.1, 0.15) is 18.1 Å². The Balaban J connectivity index is 1.95. The van der Waals surface area contributed by atoms with Crippen LogP contribution in [0.3, 0.4) is 0 Å². The number of hydrogen-bond acceptors (Lipinski definition) is 3. The number of thioether (sulfide) groups is 1. The highest BCUT2D eigenvalue weighted by molar-refractivity contribution is 9.10. The third-order valence-corrected chi connectivity index (χ3v) is 4.97. The van der Waals surface area contributed by atoms with Gasteiger partial charge in [0.15, 0.2) is 0 Å². The van der Waals surface area contributed by atoms with E-state index in [2.05, 4.69) is 15.9 Å². The first-order valence-electron chi connectivity index (χ1n) is 7.21. The first-order valence-corrected chi connectivity index (χ1v) is 8.82. The highest BCUT2D eigenvalue weighted by Crippen LogP contribution is 2.37. The van der Waals surface area contributed by atoms with E-state index in [1.165, 1.54) is 4.90 Å². The largest absolute Gasteiger partial charge is 0.298 e. The fraction of sp³-hybridized carbons (Fsp3) is 0.111. The predicted octanol–water partition coefficient (Wildman–Crippen LogP) is 5.25. The number of imide groups is 1. The van der Waals surface area contributed by atoms with E-state index < -0.39 is 0 Å². The van der Waals surface area contributed by atoms with Crippen molar-refractivity contribution in [3.63, 3.8) is 0 Å².